The Morgan fingerprint density at radius 3 is 2.62 bits per heavy atom. The van der Waals surface area contributed by atoms with Gasteiger partial charge in [-0.15, -0.1) is 0 Å². The van der Waals surface area contributed by atoms with Crippen LogP contribution in [0.25, 0.3) is 10.9 Å². The molecule has 1 aliphatic rings. The lowest BCUT2D eigenvalue weighted by Crippen LogP contribution is -2.37. The van der Waals surface area contributed by atoms with Crippen molar-refractivity contribution < 1.29 is 13.2 Å². The Hall–Kier alpha value is -2.65. The monoisotopic (exact) mass is 415 g/mol. The summed E-state index contributed by atoms with van der Waals surface area (Å²) < 4.78 is 29.5. The Morgan fingerprint density at radius 1 is 1.10 bits per heavy atom. The molecule has 1 saturated heterocycles. The van der Waals surface area contributed by atoms with Crippen molar-refractivity contribution in [1.29, 1.82) is 0 Å². The van der Waals surface area contributed by atoms with Crippen LogP contribution in [0.2, 0.25) is 0 Å². The van der Waals surface area contributed by atoms with Gasteiger partial charge in [-0.2, -0.15) is 9.40 Å². The van der Waals surface area contributed by atoms with Gasteiger partial charge in [-0.25, -0.2) is 8.42 Å². The molecule has 4 rings (SSSR count). The third-order valence-corrected chi connectivity index (χ3v) is 7.73. The molecule has 1 N–H and O–H groups in total. The van der Waals surface area contributed by atoms with Gasteiger partial charge >= 0.3 is 0 Å². The molecule has 154 valence electrons. The van der Waals surface area contributed by atoms with E-state index >= 15 is 0 Å². The largest absolute Gasteiger partial charge is 0.361 e. The first-order chi connectivity index (χ1) is 13.8. The summed E-state index contributed by atoms with van der Waals surface area (Å²) in [6.07, 6.45) is 2.44. The van der Waals surface area contributed by atoms with Crippen molar-refractivity contribution in [2.45, 2.75) is 25.2 Å². The Kier molecular flexibility index (Phi) is 4.95. The second kappa shape index (κ2) is 7.31. The predicted octanol–water partition coefficient (Wildman–Crippen LogP) is 2.06. The molecule has 3 heterocycles. The molecule has 0 unspecified atom stereocenters. The lowest BCUT2D eigenvalue weighted by atomic mass is 10.1. The van der Waals surface area contributed by atoms with Crippen molar-refractivity contribution in [3.05, 3.63) is 47.4 Å². The molecule has 29 heavy (non-hydrogen) atoms. The first kappa shape index (κ1) is 19.7. The number of hydrogen-bond acceptors (Lipinski definition) is 4. The summed E-state index contributed by atoms with van der Waals surface area (Å²) in [5, 5.41) is 5.23. The second-order valence-electron chi connectivity index (χ2n) is 7.45. The van der Waals surface area contributed by atoms with E-state index < -0.39 is 10.0 Å². The van der Waals surface area contributed by atoms with E-state index in [0.717, 1.165) is 10.9 Å². The van der Waals surface area contributed by atoms with Crippen LogP contribution in [0, 0.1) is 13.8 Å². The summed E-state index contributed by atoms with van der Waals surface area (Å²) in [4.78, 5) is 18.1. The summed E-state index contributed by atoms with van der Waals surface area (Å²) >= 11 is 0. The zero-order valence-electron chi connectivity index (χ0n) is 16.8. The van der Waals surface area contributed by atoms with Crippen LogP contribution in [0.3, 0.4) is 0 Å². The molecule has 8 nitrogen and oxygen atoms in total. The van der Waals surface area contributed by atoms with Crippen molar-refractivity contribution in [2.24, 2.45) is 7.05 Å². The number of fused-ring (bicyclic) bond motifs is 1. The quantitative estimate of drug-likeness (QED) is 0.709. The highest BCUT2D eigenvalue weighted by Crippen LogP contribution is 2.24. The van der Waals surface area contributed by atoms with Gasteiger partial charge < -0.3 is 9.88 Å². The molecule has 0 aliphatic carbocycles. The highest BCUT2D eigenvalue weighted by molar-refractivity contribution is 7.89. The molecule has 0 radical (unpaired) electrons. The minimum atomic E-state index is -3.65. The van der Waals surface area contributed by atoms with Crippen molar-refractivity contribution in [3.8, 4) is 0 Å². The Bertz CT molecular complexity index is 1180. The van der Waals surface area contributed by atoms with Crippen LogP contribution in [-0.4, -0.2) is 64.5 Å². The van der Waals surface area contributed by atoms with E-state index in [0.29, 0.717) is 43.0 Å². The zero-order valence-corrected chi connectivity index (χ0v) is 17.7. The minimum Gasteiger partial charge on any atom is -0.361 e. The molecule has 0 saturated carbocycles. The van der Waals surface area contributed by atoms with Crippen LogP contribution in [0.15, 0.2) is 35.4 Å². The summed E-state index contributed by atoms with van der Waals surface area (Å²) in [5.74, 6) is -0.0684. The molecule has 2 aromatic heterocycles. The summed E-state index contributed by atoms with van der Waals surface area (Å²) in [6.45, 7) is 5.02. The number of rotatable bonds is 3. The molecule has 9 heteroatoms. The van der Waals surface area contributed by atoms with Crippen molar-refractivity contribution >= 4 is 26.8 Å². The highest BCUT2D eigenvalue weighted by atomic mass is 32.2. The minimum absolute atomic E-state index is 0.0684. The molecule has 1 aliphatic heterocycles. The Labute approximate surface area is 170 Å². The van der Waals surface area contributed by atoms with Crippen molar-refractivity contribution in [2.75, 3.05) is 26.2 Å². The SMILES string of the molecule is Cc1nn(C)c(C)c1S(=O)(=O)N1CCCN(C(=O)c2ccc3[nH]ccc3c2)CC1. The summed E-state index contributed by atoms with van der Waals surface area (Å²) in [5.41, 5.74) is 2.73. The van der Waals surface area contributed by atoms with E-state index in [2.05, 4.69) is 10.1 Å². The molecule has 1 fully saturated rings. The van der Waals surface area contributed by atoms with Crippen LogP contribution >= 0.6 is 0 Å². The number of carbonyl (C=O) groups is 1. The van der Waals surface area contributed by atoms with Crippen LogP contribution in [0.1, 0.15) is 28.2 Å². The topological polar surface area (TPSA) is 91.3 Å². The van der Waals surface area contributed by atoms with Crippen LogP contribution in [0.5, 0.6) is 0 Å². The third kappa shape index (κ3) is 3.44. The van der Waals surface area contributed by atoms with Gasteiger partial charge in [0.1, 0.15) is 4.90 Å². The van der Waals surface area contributed by atoms with Gasteiger partial charge in [-0.3, -0.25) is 9.48 Å². The molecule has 1 aromatic carbocycles. The number of H-pyrrole nitrogens is 1. The number of aromatic nitrogens is 3. The fourth-order valence-corrected chi connectivity index (χ4v) is 5.83. The standard InChI is InChI=1S/C20H25N5O3S/c1-14-19(15(2)23(3)22-14)29(27,28)25-10-4-9-24(11-12-25)20(26)17-5-6-18-16(13-17)7-8-21-18/h5-8,13,21H,4,9-12H2,1-3H3. The number of benzene rings is 1. The van der Waals surface area contributed by atoms with E-state index in [9.17, 15) is 13.2 Å². The smallest absolute Gasteiger partial charge is 0.253 e. The summed E-state index contributed by atoms with van der Waals surface area (Å²) in [6, 6.07) is 7.51. The van der Waals surface area contributed by atoms with Crippen molar-refractivity contribution in [3.63, 3.8) is 0 Å². The maximum atomic E-state index is 13.2. The second-order valence-corrected chi connectivity index (χ2v) is 9.33. The van der Waals surface area contributed by atoms with Crippen molar-refractivity contribution in [1.82, 2.24) is 24.0 Å². The number of sulfonamides is 1. The Morgan fingerprint density at radius 2 is 1.90 bits per heavy atom. The number of aryl methyl sites for hydroxylation is 2. The molecule has 1 amide bonds. The normalized spacial score (nSPS) is 16.3. The van der Waals surface area contributed by atoms with Gasteiger partial charge in [0, 0.05) is 55.9 Å². The number of carbonyl (C=O) groups excluding carboxylic acids is 1. The maximum absolute atomic E-state index is 13.2. The number of hydrogen-bond donors (Lipinski definition) is 1. The van der Waals surface area contributed by atoms with Gasteiger partial charge in [0.2, 0.25) is 10.0 Å². The summed E-state index contributed by atoms with van der Waals surface area (Å²) in [7, 11) is -1.91. The molecular weight excluding hydrogens is 390 g/mol. The van der Waals surface area contributed by atoms with Gasteiger partial charge in [0.05, 0.1) is 11.4 Å². The molecule has 0 atom stereocenters. The fraction of sp³-hybridized carbons (Fsp3) is 0.400. The van der Waals surface area contributed by atoms with Gasteiger partial charge in [-0.1, -0.05) is 0 Å². The lowest BCUT2D eigenvalue weighted by Gasteiger charge is -2.22. The number of amides is 1. The average molecular weight is 416 g/mol. The number of nitrogens with one attached hydrogen (secondary N) is 1. The van der Waals surface area contributed by atoms with E-state index in [1.165, 1.54) is 4.31 Å². The first-order valence-electron chi connectivity index (χ1n) is 9.66. The van der Waals surface area contributed by atoms with E-state index in [4.69, 9.17) is 0 Å². The zero-order chi connectivity index (χ0) is 20.8. The van der Waals surface area contributed by atoms with E-state index in [1.54, 1.807) is 30.5 Å². The van der Waals surface area contributed by atoms with E-state index in [-0.39, 0.29) is 17.3 Å². The van der Waals surface area contributed by atoms with Gasteiger partial charge in [-0.05, 0) is 44.5 Å². The average Bonchev–Trinajstić information content (AvgIpc) is 3.14. The lowest BCUT2D eigenvalue weighted by molar-refractivity contribution is 0.0764. The first-order valence-corrected chi connectivity index (χ1v) is 11.1. The third-order valence-electron chi connectivity index (χ3n) is 5.58. The maximum Gasteiger partial charge on any atom is 0.253 e. The highest BCUT2D eigenvalue weighted by Gasteiger charge is 2.32. The van der Waals surface area contributed by atoms with Gasteiger partial charge in [0.25, 0.3) is 5.91 Å². The molecule has 3 aromatic rings. The fourth-order valence-electron chi connectivity index (χ4n) is 3.96. The molecule has 0 spiro atoms. The van der Waals surface area contributed by atoms with Crippen LogP contribution < -0.4 is 0 Å². The molecular formula is C20H25N5O3S. The predicted molar refractivity (Wildman–Crippen MR) is 110 cm³/mol. The van der Waals surface area contributed by atoms with Gasteiger partial charge in [0.15, 0.2) is 0 Å². The van der Waals surface area contributed by atoms with E-state index in [1.807, 2.05) is 30.5 Å². The number of aromatic amines is 1. The van der Waals surface area contributed by atoms with Crippen LogP contribution in [0.4, 0.5) is 0 Å². The van der Waals surface area contributed by atoms with Crippen LogP contribution in [-0.2, 0) is 17.1 Å². The Balaban J connectivity index is 1.53. The molecule has 0 bridgehead atoms. The number of nitrogens with zero attached hydrogens (tertiary/aromatic N) is 4.